The summed E-state index contributed by atoms with van der Waals surface area (Å²) in [7, 11) is 1.71. The summed E-state index contributed by atoms with van der Waals surface area (Å²) in [5.74, 6) is 0.567. The number of halogens is 2. The lowest BCUT2D eigenvalue weighted by Crippen LogP contribution is -2.42. The molecule has 1 fully saturated rings. The van der Waals surface area contributed by atoms with Crippen LogP contribution in [-0.4, -0.2) is 62.9 Å². The van der Waals surface area contributed by atoms with Crippen molar-refractivity contribution in [1.29, 1.82) is 0 Å². The third-order valence-corrected chi connectivity index (χ3v) is 4.54. The summed E-state index contributed by atoms with van der Waals surface area (Å²) in [4.78, 5) is 24.2. The zero-order valence-corrected chi connectivity index (χ0v) is 16.8. The van der Waals surface area contributed by atoms with E-state index in [9.17, 15) is 13.6 Å². The molecule has 0 aromatic carbocycles. The Morgan fingerprint density at radius 2 is 2.07 bits per heavy atom. The van der Waals surface area contributed by atoms with Crippen LogP contribution in [0.4, 0.5) is 25.3 Å². The van der Waals surface area contributed by atoms with E-state index in [1.165, 1.54) is 6.07 Å². The van der Waals surface area contributed by atoms with E-state index in [1.807, 2.05) is 25.7 Å². The van der Waals surface area contributed by atoms with Crippen LogP contribution in [0.5, 0.6) is 0 Å². The highest BCUT2D eigenvalue weighted by Crippen LogP contribution is 2.27. The predicted octanol–water partition coefficient (Wildman–Crippen LogP) is 2.83. The van der Waals surface area contributed by atoms with Gasteiger partial charge in [0.1, 0.15) is 22.8 Å². The number of amides is 1. The maximum atomic E-state index is 12.8. The largest absolute Gasteiger partial charge is 0.444 e. The molecule has 0 saturated carbocycles. The van der Waals surface area contributed by atoms with Gasteiger partial charge in [-0.3, -0.25) is 5.10 Å². The van der Waals surface area contributed by atoms with Crippen LogP contribution in [0.25, 0.3) is 11.4 Å². The molecule has 1 aliphatic rings. The van der Waals surface area contributed by atoms with Crippen molar-refractivity contribution in [3.8, 4) is 11.4 Å². The van der Waals surface area contributed by atoms with Gasteiger partial charge in [-0.25, -0.2) is 18.6 Å². The zero-order valence-electron chi connectivity index (χ0n) is 16.8. The number of nitrogens with zero attached hydrogens (tertiary/aromatic N) is 5. The first-order valence-corrected chi connectivity index (χ1v) is 9.22. The quantitative estimate of drug-likeness (QED) is 0.798. The number of carbonyl (C=O) groups is 1. The summed E-state index contributed by atoms with van der Waals surface area (Å²) in [5.41, 5.74) is 5.57. The van der Waals surface area contributed by atoms with Gasteiger partial charge in [-0.2, -0.15) is 10.1 Å². The number of rotatable bonds is 4. The molecular formula is C18H25F2N7O2. The second kappa shape index (κ2) is 7.80. The number of likely N-dealkylation sites (N-methyl/N-ethyl adjacent to an activating group) is 1. The molecule has 9 nitrogen and oxygen atoms in total. The Hall–Kier alpha value is -2.98. The van der Waals surface area contributed by atoms with Crippen molar-refractivity contribution in [2.45, 2.75) is 45.3 Å². The van der Waals surface area contributed by atoms with Crippen molar-refractivity contribution < 1.29 is 18.3 Å². The van der Waals surface area contributed by atoms with Gasteiger partial charge in [-0.15, -0.1) is 0 Å². The lowest BCUT2D eigenvalue weighted by Gasteiger charge is -2.28. The van der Waals surface area contributed by atoms with Crippen LogP contribution < -0.4 is 10.6 Å². The highest BCUT2D eigenvalue weighted by atomic mass is 19.3. The number of hydrogen-bond acceptors (Lipinski definition) is 7. The van der Waals surface area contributed by atoms with Gasteiger partial charge in [-0.1, -0.05) is 0 Å². The molecule has 3 N–H and O–H groups in total. The van der Waals surface area contributed by atoms with Gasteiger partial charge in [0, 0.05) is 26.2 Å². The fourth-order valence-electron chi connectivity index (χ4n) is 3.07. The number of aromatic nitrogens is 4. The van der Waals surface area contributed by atoms with Crippen LogP contribution in [0, 0.1) is 0 Å². The summed E-state index contributed by atoms with van der Waals surface area (Å²) >= 11 is 0. The average Bonchev–Trinajstić information content (AvgIpc) is 3.29. The van der Waals surface area contributed by atoms with Gasteiger partial charge in [-0.05, 0) is 33.3 Å². The van der Waals surface area contributed by atoms with E-state index in [-0.39, 0.29) is 29.5 Å². The normalized spacial score (nSPS) is 17.1. The minimum absolute atomic E-state index is 0.0167. The molecule has 1 atom stereocenters. The Morgan fingerprint density at radius 1 is 1.34 bits per heavy atom. The number of hydrogen-bond donors (Lipinski definition) is 2. The van der Waals surface area contributed by atoms with Crippen molar-refractivity contribution in [1.82, 2.24) is 25.1 Å². The third kappa shape index (κ3) is 4.90. The van der Waals surface area contributed by atoms with Gasteiger partial charge < -0.3 is 20.3 Å². The van der Waals surface area contributed by atoms with E-state index in [0.717, 1.165) is 6.42 Å². The third-order valence-electron chi connectivity index (χ3n) is 4.54. The minimum atomic E-state index is -2.65. The molecule has 1 amide bonds. The van der Waals surface area contributed by atoms with Crippen molar-refractivity contribution >= 4 is 17.9 Å². The molecule has 0 aliphatic carbocycles. The summed E-state index contributed by atoms with van der Waals surface area (Å²) in [6.45, 7) is 6.64. The smallest absolute Gasteiger partial charge is 0.410 e. The van der Waals surface area contributed by atoms with Crippen molar-refractivity contribution in [2.24, 2.45) is 0 Å². The fourth-order valence-corrected chi connectivity index (χ4v) is 3.07. The SMILES string of the molecule is CN(C(=O)OC(C)(C)C)[C@@H]1CCN(c2cc(-c3cc(C(F)F)[nH]n3)nc(N)n2)C1. The van der Waals surface area contributed by atoms with E-state index in [0.29, 0.717) is 24.6 Å². The number of nitrogen functional groups attached to an aromatic ring is 1. The molecule has 3 rings (SSSR count). The van der Waals surface area contributed by atoms with Crippen molar-refractivity contribution in [2.75, 3.05) is 30.8 Å². The molecule has 0 spiro atoms. The molecule has 2 aromatic rings. The molecule has 1 aliphatic heterocycles. The molecule has 0 radical (unpaired) electrons. The lowest BCUT2D eigenvalue weighted by molar-refractivity contribution is 0.0238. The topological polar surface area (TPSA) is 113 Å². The van der Waals surface area contributed by atoms with Crippen LogP contribution in [0.1, 0.15) is 39.3 Å². The van der Waals surface area contributed by atoms with E-state index in [2.05, 4.69) is 20.2 Å². The maximum Gasteiger partial charge on any atom is 0.410 e. The van der Waals surface area contributed by atoms with Gasteiger partial charge in [0.05, 0.1) is 11.7 Å². The minimum Gasteiger partial charge on any atom is -0.444 e. The number of aromatic amines is 1. The average molecular weight is 409 g/mol. The van der Waals surface area contributed by atoms with Crippen LogP contribution >= 0.6 is 0 Å². The first-order valence-electron chi connectivity index (χ1n) is 9.22. The van der Waals surface area contributed by atoms with Crippen molar-refractivity contribution in [3.05, 3.63) is 17.8 Å². The molecule has 3 heterocycles. The summed E-state index contributed by atoms with van der Waals surface area (Å²) in [6, 6.07) is 2.83. The number of carbonyl (C=O) groups excluding carboxylic acids is 1. The van der Waals surface area contributed by atoms with Crippen molar-refractivity contribution in [3.63, 3.8) is 0 Å². The highest BCUT2D eigenvalue weighted by molar-refractivity contribution is 5.68. The number of anilines is 2. The van der Waals surface area contributed by atoms with Crippen LogP contribution in [-0.2, 0) is 4.74 Å². The molecule has 0 unspecified atom stereocenters. The highest BCUT2D eigenvalue weighted by Gasteiger charge is 2.32. The van der Waals surface area contributed by atoms with E-state index in [1.54, 1.807) is 18.0 Å². The Labute approximate surface area is 167 Å². The number of H-pyrrole nitrogens is 1. The Kier molecular flexibility index (Phi) is 5.58. The summed E-state index contributed by atoms with van der Waals surface area (Å²) in [6.07, 6.45) is -2.31. The second-order valence-electron chi connectivity index (χ2n) is 7.96. The molecule has 2 aromatic heterocycles. The second-order valence-corrected chi connectivity index (χ2v) is 7.96. The molecule has 0 bridgehead atoms. The van der Waals surface area contributed by atoms with Gasteiger partial charge in [0.25, 0.3) is 6.43 Å². The molecule has 1 saturated heterocycles. The first kappa shape index (κ1) is 20.7. The van der Waals surface area contributed by atoms with Crippen LogP contribution in [0.2, 0.25) is 0 Å². The Bertz CT molecular complexity index is 881. The number of alkyl halides is 2. The number of nitrogens with two attached hydrogens (primary N) is 1. The number of nitrogens with one attached hydrogen (secondary N) is 1. The van der Waals surface area contributed by atoms with Gasteiger partial charge in [0.2, 0.25) is 5.95 Å². The molecule has 11 heteroatoms. The van der Waals surface area contributed by atoms with Gasteiger partial charge in [0.15, 0.2) is 0 Å². The van der Waals surface area contributed by atoms with Crippen LogP contribution in [0.15, 0.2) is 12.1 Å². The Balaban J connectivity index is 1.74. The predicted molar refractivity (Wildman–Crippen MR) is 104 cm³/mol. The van der Waals surface area contributed by atoms with E-state index >= 15 is 0 Å². The monoisotopic (exact) mass is 409 g/mol. The Morgan fingerprint density at radius 3 is 2.69 bits per heavy atom. The first-order chi connectivity index (χ1) is 13.5. The lowest BCUT2D eigenvalue weighted by atomic mass is 10.2. The molecule has 29 heavy (non-hydrogen) atoms. The maximum absolute atomic E-state index is 12.8. The zero-order chi connectivity index (χ0) is 21.3. The van der Waals surface area contributed by atoms with Crippen LogP contribution in [0.3, 0.4) is 0 Å². The summed E-state index contributed by atoms with van der Waals surface area (Å²) in [5, 5.41) is 6.17. The van der Waals surface area contributed by atoms with Gasteiger partial charge >= 0.3 is 6.09 Å². The summed E-state index contributed by atoms with van der Waals surface area (Å²) < 4.78 is 31.0. The molecular weight excluding hydrogens is 384 g/mol. The number of ether oxygens (including phenoxy) is 1. The standard InChI is InChI=1S/C18H25F2N7O2/c1-18(2,3)29-17(28)26(4)10-5-6-27(9-10)14-8-11(22-16(21)23-14)12-7-13(15(19)20)25-24-12/h7-8,10,15H,5-6,9H2,1-4H3,(H,24,25)(H2,21,22,23)/t10-/m1/s1. The molecule has 158 valence electrons. The fraction of sp³-hybridized carbons (Fsp3) is 0.556. The van der Waals surface area contributed by atoms with E-state index in [4.69, 9.17) is 10.5 Å². The van der Waals surface area contributed by atoms with E-state index < -0.39 is 12.0 Å².